The summed E-state index contributed by atoms with van der Waals surface area (Å²) in [6.45, 7) is 4.66. The van der Waals surface area contributed by atoms with Crippen molar-refractivity contribution in [1.29, 1.82) is 0 Å². The number of rotatable bonds is 17. The second-order valence-corrected chi connectivity index (χ2v) is 7.04. The average molecular weight is 370 g/mol. The minimum Gasteiger partial charge on any atom is -0.346 e. The highest BCUT2D eigenvalue weighted by atomic mass is 16.2. The van der Waals surface area contributed by atoms with Gasteiger partial charge < -0.3 is 5.32 Å². The number of nitrogens with one attached hydrogen (secondary N) is 2. The molecule has 0 rings (SSSR count). The molecule has 0 fully saturated rings. The molecule has 0 aromatic heterocycles. The molecule has 6 N–H and O–H groups in total. The summed E-state index contributed by atoms with van der Waals surface area (Å²) in [6, 6.07) is -0.396. The third-order valence-electron chi connectivity index (χ3n) is 4.58. The maximum Gasteiger partial charge on any atom is 0.338 e. The Morgan fingerprint density at radius 3 is 2.00 bits per heavy atom. The van der Waals surface area contributed by atoms with Crippen LogP contribution in [0.2, 0.25) is 0 Å². The summed E-state index contributed by atoms with van der Waals surface area (Å²) < 4.78 is 0. The number of amides is 1. The molecule has 0 heterocycles. The maximum absolute atomic E-state index is 12.1. The Morgan fingerprint density at radius 2 is 1.46 bits per heavy atom. The number of carbonyl (C=O) groups excluding carboxylic acids is 2. The summed E-state index contributed by atoms with van der Waals surface area (Å²) in [6.07, 6.45) is 13.3. The fourth-order valence-electron chi connectivity index (χ4n) is 2.96. The predicted octanol–water partition coefficient (Wildman–Crippen LogP) is 1.51. The number of hydrogen-bond acceptors (Lipinski definition) is 2. The van der Waals surface area contributed by atoms with Gasteiger partial charge in [-0.2, -0.15) is 0 Å². The van der Waals surface area contributed by atoms with E-state index in [0.717, 1.165) is 19.3 Å². The first-order valence-electron chi connectivity index (χ1n) is 10.4. The van der Waals surface area contributed by atoms with Gasteiger partial charge in [-0.1, -0.05) is 65.2 Å². The Balaban J connectivity index is 3.88. The zero-order valence-electron chi connectivity index (χ0n) is 16.9. The van der Waals surface area contributed by atoms with E-state index in [1.807, 2.05) is 6.92 Å². The lowest BCUT2D eigenvalue weighted by Gasteiger charge is -2.16. The van der Waals surface area contributed by atoms with Crippen molar-refractivity contribution < 1.29 is 14.6 Å². The van der Waals surface area contributed by atoms with Gasteiger partial charge in [0.15, 0.2) is 5.78 Å². The van der Waals surface area contributed by atoms with Gasteiger partial charge in [-0.25, -0.2) is 0 Å². The molecule has 0 saturated carbocycles. The first-order chi connectivity index (χ1) is 12.5. The number of carbonyl (C=O) groups is 2. The molecule has 0 aromatic rings. The second kappa shape index (κ2) is 16.9. The molecule has 0 aliphatic carbocycles. The van der Waals surface area contributed by atoms with Gasteiger partial charge in [0, 0.05) is 12.8 Å². The van der Waals surface area contributed by atoms with Gasteiger partial charge in [-0.05, 0) is 19.3 Å². The number of unbranched alkanes of at least 4 members (excludes halogenated alkanes) is 8. The van der Waals surface area contributed by atoms with E-state index in [-0.39, 0.29) is 17.6 Å². The minimum absolute atomic E-state index is 0.0161. The van der Waals surface area contributed by atoms with Crippen LogP contribution in [0.1, 0.15) is 97.3 Å². The molecule has 0 spiro atoms. The van der Waals surface area contributed by atoms with E-state index in [2.05, 4.69) is 17.2 Å². The highest BCUT2D eigenvalue weighted by Crippen LogP contribution is 2.10. The lowest BCUT2D eigenvalue weighted by molar-refractivity contribution is -0.459. The molecule has 0 saturated heterocycles. The molecule has 1 unspecified atom stereocenters. The molecule has 0 aliphatic heterocycles. The van der Waals surface area contributed by atoms with E-state index in [9.17, 15) is 9.59 Å². The Morgan fingerprint density at radius 1 is 0.885 bits per heavy atom. The Hall–Kier alpha value is -1.59. The van der Waals surface area contributed by atoms with Gasteiger partial charge in [-0.15, -0.1) is 0 Å². The van der Waals surface area contributed by atoms with E-state index in [4.69, 9.17) is 11.5 Å². The first-order valence-corrected chi connectivity index (χ1v) is 10.4. The van der Waals surface area contributed by atoms with Crippen molar-refractivity contribution >= 4 is 17.6 Å². The summed E-state index contributed by atoms with van der Waals surface area (Å²) in [5.74, 6) is 0.241. The van der Waals surface area contributed by atoms with Crippen LogP contribution in [0.3, 0.4) is 0 Å². The molecule has 6 heteroatoms. The van der Waals surface area contributed by atoms with Gasteiger partial charge >= 0.3 is 5.96 Å². The van der Waals surface area contributed by atoms with Crippen molar-refractivity contribution in [1.82, 2.24) is 5.32 Å². The standard InChI is InChI=1S/C20H40N4O2/c1-3-5-6-7-8-9-10-11-12-15-19(26)24-17(18(25)4-2)14-13-16-23-20(21)22/h17H,3-16H2,1-2H3,(H,24,26)(H4,21,22,23)/p+1. The smallest absolute Gasteiger partial charge is 0.338 e. The topological polar surface area (TPSA) is 112 Å². The Labute approximate surface area is 159 Å². The molecule has 0 radical (unpaired) electrons. The SMILES string of the molecule is CCCCCCCCCCCC(=O)NC(CCC[NH+]=C(N)N)C(=O)CC. The van der Waals surface area contributed by atoms with Crippen LogP contribution in [0.5, 0.6) is 0 Å². The molecular weight excluding hydrogens is 328 g/mol. The summed E-state index contributed by atoms with van der Waals surface area (Å²) in [7, 11) is 0. The van der Waals surface area contributed by atoms with Crippen LogP contribution in [-0.4, -0.2) is 30.2 Å². The normalized spacial score (nSPS) is 11.8. The lowest BCUT2D eigenvalue weighted by atomic mass is 10.0. The van der Waals surface area contributed by atoms with Crippen molar-refractivity contribution in [2.45, 2.75) is 103 Å². The fourth-order valence-corrected chi connectivity index (χ4v) is 2.96. The highest BCUT2D eigenvalue weighted by molar-refractivity contribution is 5.88. The van der Waals surface area contributed by atoms with Crippen LogP contribution in [0.25, 0.3) is 0 Å². The van der Waals surface area contributed by atoms with Crippen LogP contribution >= 0.6 is 0 Å². The van der Waals surface area contributed by atoms with Gasteiger partial charge in [-0.3, -0.25) is 26.0 Å². The molecule has 0 aromatic carbocycles. The van der Waals surface area contributed by atoms with Crippen LogP contribution in [0, 0.1) is 0 Å². The molecular formula is C20H41N4O2+. The zero-order valence-corrected chi connectivity index (χ0v) is 16.9. The fraction of sp³-hybridized carbons (Fsp3) is 0.850. The van der Waals surface area contributed by atoms with Gasteiger partial charge in [0.2, 0.25) is 5.91 Å². The van der Waals surface area contributed by atoms with E-state index in [1.165, 1.54) is 44.9 Å². The van der Waals surface area contributed by atoms with Crippen LogP contribution in [-0.2, 0) is 9.59 Å². The first kappa shape index (κ1) is 24.4. The molecule has 6 nitrogen and oxygen atoms in total. The second-order valence-electron chi connectivity index (χ2n) is 7.04. The molecule has 0 aliphatic rings. The van der Waals surface area contributed by atoms with Crippen molar-refractivity contribution in [3.05, 3.63) is 0 Å². The predicted molar refractivity (Wildman–Crippen MR) is 108 cm³/mol. The summed E-state index contributed by atoms with van der Waals surface area (Å²) in [4.78, 5) is 26.9. The van der Waals surface area contributed by atoms with Gasteiger partial charge in [0.25, 0.3) is 0 Å². The number of guanidine groups is 1. The van der Waals surface area contributed by atoms with Crippen LogP contribution < -0.4 is 21.8 Å². The average Bonchev–Trinajstić information content (AvgIpc) is 2.62. The molecule has 1 atom stereocenters. The largest absolute Gasteiger partial charge is 0.346 e. The zero-order chi connectivity index (χ0) is 19.6. The number of nitrogens with two attached hydrogens (primary N) is 2. The van der Waals surface area contributed by atoms with E-state index in [1.54, 1.807) is 0 Å². The van der Waals surface area contributed by atoms with E-state index in [0.29, 0.717) is 25.8 Å². The molecule has 152 valence electrons. The van der Waals surface area contributed by atoms with Crippen molar-refractivity contribution in [2.75, 3.05) is 6.54 Å². The van der Waals surface area contributed by atoms with E-state index < -0.39 is 6.04 Å². The Kier molecular flexibility index (Phi) is 15.8. The van der Waals surface area contributed by atoms with Crippen LogP contribution in [0.4, 0.5) is 0 Å². The minimum atomic E-state index is -0.396. The molecule has 26 heavy (non-hydrogen) atoms. The summed E-state index contributed by atoms with van der Waals surface area (Å²) in [5.41, 5.74) is 10.7. The Bertz CT molecular complexity index is 407. The van der Waals surface area contributed by atoms with Crippen molar-refractivity contribution in [3.8, 4) is 0 Å². The molecule has 0 bridgehead atoms. The maximum atomic E-state index is 12.1. The molecule has 1 amide bonds. The van der Waals surface area contributed by atoms with Crippen molar-refractivity contribution in [2.24, 2.45) is 11.5 Å². The highest BCUT2D eigenvalue weighted by Gasteiger charge is 2.18. The number of hydrogen-bond donors (Lipinski definition) is 4. The van der Waals surface area contributed by atoms with Gasteiger partial charge in [0.1, 0.15) is 0 Å². The summed E-state index contributed by atoms with van der Waals surface area (Å²) >= 11 is 0. The monoisotopic (exact) mass is 369 g/mol. The van der Waals surface area contributed by atoms with Gasteiger partial charge in [0.05, 0.1) is 12.6 Å². The summed E-state index contributed by atoms with van der Waals surface area (Å²) in [5, 5.41) is 2.90. The van der Waals surface area contributed by atoms with Crippen LogP contribution in [0.15, 0.2) is 0 Å². The third-order valence-corrected chi connectivity index (χ3v) is 4.58. The quantitative estimate of drug-likeness (QED) is 0.177. The number of Topliss-reactive ketones (excluding diaryl/α,β-unsaturated/α-hetero) is 1. The van der Waals surface area contributed by atoms with E-state index >= 15 is 0 Å². The third kappa shape index (κ3) is 14.7. The van der Waals surface area contributed by atoms with Crippen molar-refractivity contribution in [3.63, 3.8) is 0 Å². The number of ketones is 1. The lowest BCUT2D eigenvalue weighted by Crippen LogP contribution is -2.78.